The number of halogens is 5. The van der Waals surface area contributed by atoms with Gasteiger partial charge in [0.05, 0.1) is 6.61 Å². The van der Waals surface area contributed by atoms with Gasteiger partial charge in [-0.15, -0.1) is 13.2 Å². The monoisotopic (exact) mass is 285 g/mol. The Kier molecular flexibility index (Phi) is 4.62. The molecule has 0 aliphatic carbocycles. The Hall–Kier alpha value is -1.93. The van der Waals surface area contributed by atoms with E-state index >= 15 is 0 Å². The van der Waals surface area contributed by atoms with Crippen molar-refractivity contribution in [2.24, 2.45) is 0 Å². The first-order valence-corrected chi connectivity index (χ1v) is 4.96. The molecule has 1 rings (SSSR count). The largest absolute Gasteiger partial charge is 0.573 e. The summed E-state index contributed by atoms with van der Waals surface area (Å²) in [5, 5.41) is 0. The first-order chi connectivity index (χ1) is 8.80. The molecule has 0 saturated carbocycles. The molecule has 4 nitrogen and oxygen atoms in total. The van der Waals surface area contributed by atoms with E-state index in [1.54, 1.807) is 0 Å². The van der Waals surface area contributed by atoms with Crippen molar-refractivity contribution in [2.75, 3.05) is 6.61 Å². The lowest BCUT2D eigenvalue weighted by atomic mass is 10.2. The van der Waals surface area contributed by atoms with E-state index in [1.165, 1.54) is 6.92 Å². The number of carbonyl (C=O) groups is 1. The number of aromatic nitrogens is 1. The summed E-state index contributed by atoms with van der Waals surface area (Å²) in [7, 11) is 0. The smallest absolute Gasteiger partial charge is 0.462 e. The molecule has 19 heavy (non-hydrogen) atoms. The molecule has 0 amide bonds. The van der Waals surface area contributed by atoms with Gasteiger partial charge in [-0.3, -0.25) is 0 Å². The highest BCUT2D eigenvalue weighted by Crippen LogP contribution is 2.32. The van der Waals surface area contributed by atoms with Crippen LogP contribution in [-0.4, -0.2) is 23.9 Å². The van der Waals surface area contributed by atoms with Gasteiger partial charge in [-0.25, -0.2) is 14.2 Å². The lowest BCUT2D eigenvalue weighted by Gasteiger charge is -2.15. The zero-order chi connectivity index (χ0) is 14.6. The predicted molar refractivity (Wildman–Crippen MR) is 51.6 cm³/mol. The minimum atomic E-state index is -5.21. The van der Waals surface area contributed by atoms with Crippen LogP contribution in [0.4, 0.5) is 22.0 Å². The van der Waals surface area contributed by atoms with E-state index in [4.69, 9.17) is 0 Å². The van der Waals surface area contributed by atoms with Crippen molar-refractivity contribution in [1.82, 2.24) is 4.98 Å². The maximum absolute atomic E-state index is 13.3. The molecule has 106 valence electrons. The SMILES string of the molecule is CCOC(=O)c1c(F)ncc(CF)c1OC(F)(F)F. The third-order valence-electron chi connectivity index (χ3n) is 1.90. The number of hydrogen-bond donors (Lipinski definition) is 0. The van der Waals surface area contributed by atoms with Gasteiger partial charge in [0.15, 0.2) is 11.3 Å². The van der Waals surface area contributed by atoms with Gasteiger partial charge in [-0.2, -0.15) is 4.39 Å². The number of nitrogens with zero attached hydrogens (tertiary/aromatic N) is 1. The quantitative estimate of drug-likeness (QED) is 0.485. The van der Waals surface area contributed by atoms with Gasteiger partial charge in [0, 0.05) is 11.8 Å². The van der Waals surface area contributed by atoms with Crippen molar-refractivity contribution in [2.45, 2.75) is 20.0 Å². The summed E-state index contributed by atoms with van der Waals surface area (Å²) in [4.78, 5) is 14.4. The Morgan fingerprint density at radius 3 is 2.53 bits per heavy atom. The second-order valence-corrected chi connectivity index (χ2v) is 3.18. The third kappa shape index (κ3) is 3.76. The van der Waals surface area contributed by atoms with Crippen LogP contribution in [0, 0.1) is 5.95 Å². The fourth-order valence-corrected chi connectivity index (χ4v) is 1.22. The summed E-state index contributed by atoms with van der Waals surface area (Å²) >= 11 is 0. The second kappa shape index (κ2) is 5.81. The van der Waals surface area contributed by atoms with Gasteiger partial charge < -0.3 is 9.47 Å². The maximum atomic E-state index is 13.3. The van der Waals surface area contributed by atoms with Gasteiger partial charge in [-0.05, 0) is 6.92 Å². The number of carbonyl (C=O) groups excluding carboxylic acids is 1. The third-order valence-corrected chi connectivity index (χ3v) is 1.90. The summed E-state index contributed by atoms with van der Waals surface area (Å²) in [6.45, 7) is -0.249. The predicted octanol–water partition coefficient (Wildman–Crippen LogP) is 2.77. The molecule has 0 aliphatic rings. The highest BCUT2D eigenvalue weighted by molar-refractivity contribution is 5.93. The second-order valence-electron chi connectivity index (χ2n) is 3.18. The minimum absolute atomic E-state index is 0.205. The standard InChI is InChI=1S/C10H8F5NO3/c1-2-18-9(17)6-7(19-10(13,14)15)5(3-11)4-16-8(6)12/h4H,2-3H2,1H3. The van der Waals surface area contributed by atoms with Crippen LogP contribution < -0.4 is 4.74 Å². The van der Waals surface area contributed by atoms with Crippen molar-refractivity contribution in [1.29, 1.82) is 0 Å². The number of pyridine rings is 1. The van der Waals surface area contributed by atoms with E-state index in [-0.39, 0.29) is 6.61 Å². The Balaban J connectivity index is 3.36. The molecule has 9 heteroatoms. The van der Waals surface area contributed by atoms with E-state index in [0.717, 1.165) is 0 Å². The molecule has 1 aromatic heterocycles. The van der Waals surface area contributed by atoms with Gasteiger partial charge in [0.25, 0.3) is 0 Å². The Bertz CT molecular complexity index is 475. The summed E-state index contributed by atoms with van der Waals surface area (Å²) in [5.41, 5.74) is -1.89. The van der Waals surface area contributed by atoms with Crippen LogP contribution in [0.25, 0.3) is 0 Å². The van der Waals surface area contributed by atoms with Gasteiger partial charge in [0.1, 0.15) is 6.67 Å². The van der Waals surface area contributed by atoms with E-state index in [1.807, 2.05) is 0 Å². The van der Waals surface area contributed by atoms with E-state index in [0.29, 0.717) is 6.20 Å². The molecule has 0 bridgehead atoms. The van der Waals surface area contributed by atoms with Crippen LogP contribution in [0.1, 0.15) is 22.8 Å². The van der Waals surface area contributed by atoms with Crippen LogP contribution >= 0.6 is 0 Å². The van der Waals surface area contributed by atoms with Crippen molar-refractivity contribution >= 4 is 5.97 Å². The molecule has 0 aromatic carbocycles. The topological polar surface area (TPSA) is 48.4 Å². The van der Waals surface area contributed by atoms with Gasteiger partial charge in [-0.1, -0.05) is 0 Å². The molecular weight excluding hydrogens is 277 g/mol. The molecule has 0 spiro atoms. The molecule has 0 radical (unpaired) electrons. The number of alkyl halides is 4. The first-order valence-electron chi connectivity index (χ1n) is 4.96. The van der Waals surface area contributed by atoms with E-state index < -0.39 is 41.8 Å². The average molecular weight is 285 g/mol. The maximum Gasteiger partial charge on any atom is 0.573 e. The number of hydrogen-bond acceptors (Lipinski definition) is 4. The average Bonchev–Trinajstić information content (AvgIpc) is 2.27. The van der Waals surface area contributed by atoms with Crippen molar-refractivity contribution in [3.8, 4) is 5.75 Å². The fourth-order valence-electron chi connectivity index (χ4n) is 1.22. The summed E-state index contributed by atoms with van der Waals surface area (Å²) in [5.74, 6) is -4.22. The molecule has 0 atom stereocenters. The Morgan fingerprint density at radius 1 is 1.42 bits per heavy atom. The van der Waals surface area contributed by atoms with Crippen LogP contribution in [0.2, 0.25) is 0 Å². The van der Waals surface area contributed by atoms with Crippen molar-refractivity contribution in [3.63, 3.8) is 0 Å². The summed E-state index contributed by atoms with van der Waals surface area (Å²) < 4.78 is 70.3. The molecule has 0 aliphatic heterocycles. The van der Waals surface area contributed by atoms with Crippen LogP contribution in [0.15, 0.2) is 6.20 Å². The van der Waals surface area contributed by atoms with Crippen molar-refractivity contribution in [3.05, 3.63) is 23.3 Å². The van der Waals surface area contributed by atoms with Crippen molar-refractivity contribution < 1.29 is 36.2 Å². The highest BCUT2D eigenvalue weighted by atomic mass is 19.4. The lowest BCUT2D eigenvalue weighted by Crippen LogP contribution is -2.22. The zero-order valence-electron chi connectivity index (χ0n) is 9.55. The molecule has 0 fully saturated rings. The first kappa shape index (κ1) is 15.1. The van der Waals surface area contributed by atoms with Crippen LogP contribution in [0.5, 0.6) is 5.75 Å². The molecule has 0 unspecified atom stereocenters. The van der Waals surface area contributed by atoms with Gasteiger partial charge in [0.2, 0.25) is 5.95 Å². The molecule has 0 saturated heterocycles. The summed E-state index contributed by atoms with van der Waals surface area (Å²) in [6.07, 6.45) is -4.70. The number of rotatable bonds is 4. The van der Waals surface area contributed by atoms with Crippen LogP contribution in [-0.2, 0) is 11.4 Å². The molecule has 1 aromatic rings. The minimum Gasteiger partial charge on any atom is -0.462 e. The normalized spacial score (nSPS) is 11.3. The zero-order valence-corrected chi connectivity index (χ0v) is 9.55. The number of esters is 1. The Morgan fingerprint density at radius 2 is 2.05 bits per heavy atom. The lowest BCUT2D eigenvalue weighted by molar-refractivity contribution is -0.275. The molecular formula is C10H8F5NO3. The van der Waals surface area contributed by atoms with Crippen LogP contribution in [0.3, 0.4) is 0 Å². The number of ether oxygens (including phenoxy) is 2. The highest BCUT2D eigenvalue weighted by Gasteiger charge is 2.36. The Labute approximate surface area is 104 Å². The van der Waals surface area contributed by atoms with Gasteiger partial charge >= 0.3 is 12.3 Å². The summed E-state index contributed by atoms with van der Waals surface area (Å²) in [6, 6.07) is 0. The van der Waals surface area contributed by atoms with E-state index in [9.17, 15) is 26.7 Å². The molecule has 1 heterocycles. The van der Waals surface area contributed by atoms with E-state index in [2.05, 4.69) is 14.5 Å². The fraction of sp³-hybridized carbons (Fsp3) is 0.400. The molecule has 0 N–H and O–H groups in total.